The molecule has 124 valence electrons. The van der Waals surface area contributed by atoms with Gasteiger partial charge in [0, 0.05) is 0 Å². The van der Waals surface area contributed by atoms with Crippen molar-refractivity contribution in [3.63, 3.8) is 0 Å². The molecular formula is C18H13ClF3NO. The number of ether oxygens (including phenoxy) is 1. The summed E-state index contributed by atoms with van der Waals surface area (Å²) in [6.45, 7) is 2.31. The van der Waals surface area contributed by atoms with Gasteiger partial charge in [0.2, 0.25) is 0 Å². The van der Waals surface area contributed by atoms with Gasteiger partial charge in [0.25, 0.3) is 0 Å². The second-order valence-electron chi connectivity index (χ2n) is 4.87. The summed E-state index contributed by atoms with van der Waals surface area (Å²) < 4.78 is 43.1. The zero-order chi connectivity index (χ0) is 17.7. The Morgan fingerprint density at radius 3 is 2.38 bits per heavy atom. The third-order valence-electron chi connectivity index (χ3n) is 3.21. The lowest BCUT2D eigenvalue weighted by Crippen LogP contribution is -2.04. The van der Waals surface area contributed by atoms with Gasteiger partial charge >= 0.3 is 6.18 Å². The number of alkyl halides is 3. The first-order valence-corrected chi connectivity index (χ1v) is 7.44. The molecule has 0 bridgehead atoms. The van der Waals surface area contributed by atoms with Crippen LogP contribution in [-0.2, 0) is 6.18 Å². The predicted molar refractivity (Wildman–Crippen MR) is 87.5 cm³/mol. The van der Waals surface area contributed by atoms with Gasteiger partial charge in [-0.1, -0.05) is 29.8 Å². The van der Waals surface area contributed by atoms with E-state index in [2.05, 4.69) is 0 Å². The van der Waals surface area contributed by atoms with Crippen LogP contribution in [0.4, 0.5) is 13.2 Å². The van der Waals surface area contributed by atoms with E-state index < -0.39 is 11.7 Å². The molecule has 2 aromatic carbocycles. The van der Waals surface area contributed by atoms with Gasteiger partial charge in [0.15, 0.2) is 0 Å². The normalized spacial score (nSPS) is 11.9. The summed E-state index contributed by atoms with van der Waals surface area (Å²) in [5.41, 5.74) is 0.534. The number of halogens is 4. The van der Waals surface area contributed by atoms with E-state index in [4.69, 9.17) is 16.3 Å². The van der Waals surface area contributed by atoms with Gasteiger partial charge < -0.3 is 4.74 Å². The summed E-state index contributed by atoms with van der Waals surface area (Å²) in [7, 11) is 0. The van der Waals surface area contributed by atoms with E-state index >= 15 is 0 Å². The van der Waals surface area contributed by atoms with Crippen LogP contribution < -0.4 is 4.74 Å². The van der Waals surface area contributed by atoms with Gasteiger partial charge in [-0.15, -0.1) is 0 Å². The summed E-state index contributed by atoms with van der Waals surface area (Å²) in [4.78, 5) is 0. The van der Waals surface area contributed by atoms with Crippen LogP contribution in [0.25, 0.3) is 11.6 Å². The average molecular weight is 352 g/mol. The van der Waals surface area contributed by atoms with E-state index in [9.17, 15) is 18.4 Å². The maximum atomic E-state index is 12.6. The fourth-order valence-corrected chi connectivity index (χ4v) is 2.31. The summed E-state index contributed by atoms with van der Waals surface area (Å²) in [5.74, 6) is 0.532. The average Bonchev–Trinajstić information content (AvgIpc) is 2.54. The summed E-state index contributed by atoms with van der Waals surface area (Å²) >= 11 is 6.09. The molecule has 0 saturated heterocycles. The molecular weight excluding hydrogens is 339 g/mol. The number of nitrogens with zero attached hydrogens (tertiary/aromatic N) is 1. The molecule has 6 heteroatoms. The molecule has 24 heavy (non-hydrogen) atoms. The number of hydrogen-bond donors (Lipinski definition) is 0. The van der Waals surface area contributed by atoms with Gasteiger partial charge in [0.05, 0.1) is 28.8 Å². The Hall–Kier alpha value is -2.45. The quantitative estimate of drug-likeness (QED) is 0.513. The third kappa shape index (κ3) is 4.30. The molecule has 0 aliphatic rings. The molecule has 0 saturated carbocycles. The molecule has 2 rings (SSSR count). The van der Waals surface area contributed by atoms with E-state index in [1.807, 2.05) is 13.0 Å². The van der Waals surface area contributed by atoms with Crippen molar-refractivity contribution in [2.24, 2.45) is 0 Å². The van der Waals surface area contributed by atoms with Gasteiger partial charge in [-0.25, -0.2) is 0 Å². The zero-order valence-corrected chi connectivity index (χ0v) is 13.4. The number of rotatable bonds is 4. The van der Waals surface area contributed by atoms with E-state index in [-0.39, 0.29) is 5.57 Å². The van der Waals surface area contributed by atoms with Crippen LogP contribution in [0.3, 0.4) is 0 Å². The van der Waals surface area contributed by atoms with Crippen molar-refractivity contribution in [1.29, 1.82) is 5.26 Å². The fraction of sp³-hybridized carbons (Fsp3) is 0.167. The Morgan fingerprint density at radius 2 is 1.88 bits per heavy atom. The molecule has 2 nitrogen and oxygen atoms in total. The minimum absolute atomic E-state index is 0.240. The highest BCUT2D eigenvalue weighted by molar-refractivity contribution is 6.32. The van der Waals surface area contributed by atoms with Crippen LogP contribution in [0.15, 0.2) is 42.5 Å². The van der Waals surface area contributed by atoms with Gasteiger partial charge in [0.1, 0.15) is 5.75 Å². The fourth-order valence-electron chi connectivity index (χ4n) is 2.07. The Kier molecular flexibility index (Phi) is 5.53. The Morgan fingerprint density at radius 1 is 1.21 bits per heavy atom. The van der Waals surface area contributed by atoms with Crippen LogP contribution >= 0.6 is 11.6 Å². The first-order valence-electron chi connectivity index (χ1n) is 7.07. The Balaban J connectivity index is 2.33. The molecule has 0 aliphatic heterocycles. The van der Waals surface area contributed by atoms with E-state index in [1.54, 1.807) is 24.3 Å². The molecule has 0 atom stereocenters. The number of nitriles is 1. The summed E-state index contributed by atoms with van der Waals surface area (Å²) in [6.07, 6.45) is -2.85. The molecule has 0 unspecified atom stereocenters. The molecule has 0 amide bonds. The molecule has 2 aromatic rings. The first-order chi connectivity index (χ1) is 11.3. The predicted octanol–water partition coefficient (Wildman–Crippen LogP) is 5.82. The lowest BCUT2D eigenvalue weighted by molar-refractivity contribution is -0.137. The Bertz CT molecular complexity index is 789. The van der Waals surface area contributed by atoms with Gasteiger partial charge in [-0.2, -0.15) is 18.4 Å². The largest absolute Gasteiger partial charge is 0.492 e. The molecule has 0 heterocycles. The molecule has 0 fully saturated rings. The summed E-state index contributed by atoms with van der Waals surface area (Å²) in [6, 6.07) is 11.5. The molecule has 0 N–H and O–H groups in total. The van der Waals surface area contributed by atoms with Crippen molar-refractivity contribution < 1.29 is 17.9 Å². The van der Waals surface area contributed by atoms with Gasteiger partial charge in [-0.3, -0.25) is 0 Å². The van der Waals surface area contributed by atoms with Crippen LogP contribution in [-0.4, -0.2) is 6.61 Å². The molecule has 0 aromatic heterocycles. The number of benzene rings is 2. The third-order valence-corrected chi connectivity index (χ3v) is 3.51. The first kappa shape index (κ1) is 17.9. The van der Waals surface area contributed by atoms with Gasteiger partial charge in [-0.05, 0) is 48.4 Å². The topological polar surface area (TPSA) is 33.0 Å². The van der Waals surface area contributed by atoms with Crippen molar-refractivity contribution >= 4 is 23.3 Å². The second-order valence-corrected chi connectivity index (χ2v) is 5.27. The lowest BCUT2D eigenvalue weighted by atomic mass is 10.0. The highest BCUT2D eigenvalue weighted by Crippen LogP contribution is 2.31. The highest BCUT2D eigenvalue weighted by atomic mass is 35.5. The van der Waals surface area contributed by atoms with Crippen molar-refractivity contribution in [3.05, 3.63) is 64.2 Å². The lowest BCUT2D eigenvalue weighted by Gasteiger charge is -2.08. The zero-order valence-electron chi connectivity index (χ0n) is 12.7. The minimum atomic E-state index is -4.41. The van der Waals surface area contributed by atoms with Crippen LogP contribution in [0, 0.1) is 11.3 Å². The number of allylic oxidation sites excluding steroid dienone is 1. The highest BCUT2D eigenvalue weighted by Gasteiger charge is 2.30. The van der Waals surface area contributed by atoms with E-state index in [0.29, 0.717) is 28.5 Å². The van der Waals surface area contributed by atoms with Crippen molar-refractivity contribution in [2.75, 3.05) is 6.61 Å². The van der Waals surface area contributed by atoms with Crippen LogP contribution in [0.1, 0.15) is 23.6 Å². The van der Waals surface area contributed by atoms with E-state index in [1.165, 1.54) is 12.1 Å². The SMILES string of the molecule is CCOc1ccc(/C=C(/C#N)c2ccc(C(F)(F)F)cc2)cc1Cl. The molecule has 0 radical (unpaired) electrons. The maximum Gasteiger partial charge on any atom is 0.416 e. The standard InChI is InChI=1S/C18H13ClF3NO/c1-2-24-17-8-3-12(10-16(17)19)9-14(11-23)13-4-6-15(7-5-13)18(20,21)22/h3-10H,2H2,1H3/b14-9-. The van der Waals surface area contributed by atoms with E-state index in [0.717, 1.165) is 12.1 Å². The molecule has 0 aliphatic carbocycles. The van der Waals surface area contributed by atoms with Crippen LogP contribution in [0.2, 0.25) is 5.02 Å². The van der Waals surface area contributed by atoms with Crippen molar-refractivity contribution in [1.82, 2.24) is 0 Å². The van der Waals surface area contributed by atoms with Crippen molar-refractivity contribution in [3.8, 4) is 11.8 Å². The summed E-state index contributed by atoms with van der Waals surface area (Å²) in [5, 5.41) is 9.68. The Labute approximate surface area is 142 Å². The smallest absolute Gasteiger partial charge is 0.416 e. The maximum absolute atomic E-state index is 12.6. The molecule has 0 spiro atoms. The van der Waals surface area contributed by atoms with Crippen LogP contribution in [0.5, 0.6) is 5.75 Å². The number of hydrogen-bond acceptors (Lipinski definition) is 2. The second kappa shape index (κ2) is 7.41. The monoisotopic (exact) mass is 351 g/mol. The van der Waals surface area contributed by atoms with Crippen molar-refractivity contribution in [2.45, 2.75) is 13.1 Å². The minimum Gasteiger partial charge on any atom is -0.492 e.